The Balaban J connectivity index is 4.21. The van der Waals surface area contributed by atoms with Crippen LogP contribution in [0.4, 0.5) is 0 Å². The molecule has 0 radical (unpaired) electrons. The molecule has 0 aliphatic heterocycles. The third-order valence-corrected chi connectivity index (χ3v) is 11.9. The Kier molecular flexibility index (Phi) is 42.8. The number of quaternary nitrogens is 1. The van der Waals surface area contributed by atoms with Gasteiger partial charge in [-0.2, -0.15) is 0 Å². The Bertz CT molecular complexity index is 1050. The maximum atomic E-state index is 12.8. The van der Waals surface area contributed by atoms with Crippen molar-refractivity contribution in [3.8, 4) is 0 Å². The topological polar surface area (TPSA) is 102 Å². The number of likely N-dealkylation sites (N-methyl/N-ethyl adjacent to an activating group) is 1. The normalized spacial score (nSPS) is 13.0. The highest BCUT2D eigenvalue weighted by Crippen LogP contribution is 2.16. The van der Waals surface area contributed by atoms with Gasteiger partial charge in [0.25, 0.3) is 0 Å². The first kappa shape index (κ1) is 58.8. The third-order valence-electron chi connectivity index (χ3n) is 11.9. The number of carboxylic acid groups (broad SMARTS) is 1. The lowest BCUT2D eigenvalue weighted by Crippen LogP contribution is -2.55. The molecule has 8 heteroatoms. The molecule has 2 atom stereocenters. The van der Waals surface area contributed by atoms with Gasteiger partial charge in [0.2, 0.25) is 0 Å². The van der Waals surface area contributed by atoms with Crippen LogP contribution in [0.25, 0.3) is 0 Å². The Morgan fingerprint density at radius 1 is 0.492 bits per heavy atom. The highest BCUT2D eigenvalue weighted by atomic mass is 16.6. The van der Waals surface area contributed by atoms with Gasteiger partial charge in [-0.05, 0) is 38.5 Å². The number of esters is 2. The molecule has 0 amide bonds. The first-order valence-electron chi connectivity index (χ1n) is 25.9. The van der Waals surface area contributed by atoms with E-state index in [-0.39, 0.29) is 42.7 Å². The van der Waals surface area contributed by atoms with Gasteiger partial charge in [-0.25, -0.2) is 0 Å². The summed E-state index contributed by atoms with van der Waals surface area (Å²) in [5.41, 5.74) is 0. The lowest BCUT2D eigenvalue weighted by atomic mass is 10.0. The zero-order valence-electron chi connectivity index (χ0n) is 40.8. The minimum absolute atomic E-state index is 0.0446. The van der Waals surface area contributed by atoms with E-state index >= 15 is 0 Å². The van der Waals surface area contributed by atoms with Gasteiger partial charge in [0.05, 0.1) is 40.3 Å². The maximum absolute atomic E-state index is 12.8. The van der Waals surface area contributed by atoms with E-state index in [1.54, 1.807) is 0 Å². The van der Waals surface area contributed by atoms with Crippen molar-refractivity contribution in [3.05, 3.63) is 24.3 Å². The Hall–Kier alpha value is -2.19. The van der Waals surface area contributed by atoms with Gasteiger partial charge in [0, 0.05) is 19.3 Å². The molecule has 0 aromatic carbocycles. The van der Waals surface area contributed by atoms with Crippen molar-refractivity contribution in [1.29, 1.82) is 0 Å². The first-order chi connectivity index (χ1) is 29.6. The van der Waals surface area contributed by atoms with Crippen LogP contribution in [0.3, 0.4) is 0 Å². The summed E-state index contributed by atoms with van der Waals surface area (Å²) in [5, 5.41) is 11.7. The quantitative estimate of drug-likeness (QED) is 0.0260. The number of carbonyl (C=O) groups excluding carboxylic acids is 3. The van der Waals surface area contributed by atoms with Crippen LogP contribution in [0.2, 0.25) is 0 Å². The number of aliphatic carboxylic acids is 1. The molecule has 0 rings (SSSR count). The number of rotatable bonds is 47. The van der Waals surface area contributed by atoms with Gasteiger partial charge in [0.15, 0.2) is 6.10 Å². The van der Waals surface area contributed by atoms with Crippen molar-refractivity contribution in [2.75, 3.05) is 41.0 Å². The second kappa shape index (κ2) is 44.4. The van der Waals surface area contributed by atoms with Crippen molar-refractivity contribution in [1.82, 2.24) is 0 Å². The molecule has 0 aliphatic rings. The molecule has 2 unspecified atom stereocenters. The minimum Gasteiger partial charge on any atom is -0.544 e. The lowest BCUT2D eigenvalue weighted by Gasteiger charge is -2.34. The fraction of sp³-hybridized carbons (Fsp3) is 0.868. The van der Waals surface area contributed by atoms with Crippen molar-refractivity contribution in [2.24, 2.45) is 0 Å². The molecule has 0 saturated heterocycles. The Morgan fingerprint density at radius 3 is 1.25 bits per heavy atom. The number of allylic oxidation sites excluding steroid dienone is 4. The molecule has 8 nitrogen and oxygen atoms in total. The summed E-state index contributed by atoms with van der Waals surface area (Å²) in [7, 11) is 5.42. The van der Waals surface area contributed by atoms with E-state index in [4.69, 9.17) is 14.2 Å². The molecule has 0 aliphatic carbocycles. The molecule has 0 aromatic rings. The second-order valence-electron chi connectivity index (χ2n) is 18.8. The van der Waals surface area contributed by atoms with Crippen LogP contribution in [-0.2, 0) is 28.6 Å². The monoisotopic (exact) mass is 862 g/mol. The number of hydrogen-bond acceptors (Lipinski definition) is 7. The van der Waals surface area contributed by atoms with Gasteiger partial charge >= 0.3 is 11.9 Å². The van der Waals surface area contributed by atoms with Crippen LogP contribution in [-0.4, -0.2) is 75.5 Å². The van der Waals surface area contributed by atoms with Crippen LogP contribution in [0.5, 0.6) is 0 Å². The largest absolute Gasteiger partial charge is 0.544 e. The van der Waals surface area contributed by atoms with E-state index in [1.807, 2.05) is 21.1 Å². The number of nitrogens with zero attached hydrogens (tertiary/aromatic N) is 1. The number of unbranched alkanes of at least 4 members (excludes halogenated alkanes) is 30. The van der Waals surface area contributed by atoms with E-state index in [2.05, 4.69) is 38.2 Å². The molecular formula is C53H99NO7. The molecule has 0 saturated carbocycles. The van der Waals surface area contributed by atoms with Gasteiger partial charge in [-0.15, -0.1) is 0 Å². The van der Waals surface area contributed by atoms with E-state index in [1.165, 1.54) is 173 Å². The molecular weight excluding hydrogens is 763 g/mol. The molecule has 358 valence electrons. The zero-order chi connectivity index (χ0) is 44.9. The molecule has 0 heterocycles. The summed E-state index contributed by atoms with van der Waals surface area (Å²) in [4.78, 5) is 37.0. The average molecular weight is 862 g/mol. The van der Waals surface area contributed by atoms with Gasteiger partial charge < -0.3 is 28.6 Å². The van der Waals surface area contributed by atoms with Crippen molar-refractivity contribution >= 4 is 17.9 Å². The number of ether oxygens (including phenoxy) is 3. The molecule has 61 heavy (non-hydrogen) atoms. The van der Waals surface area contributed by atoms with Crippen LogP contribution in [0.1, 0.15) is 245 Å². The Labute approximate surface area is 377 Å². The van der Waals surface area contributed by atoms with Crippen molar-refractivity contribution in [2.45, 2.75) is 257 Å². The third kappa shape index (κ3) is 42.9. The smallest absolute Gasteiger partial charge is 0.306 e. The summed E-state index contributed by atoms with van der Waals surface area (Å²) < 4.78 is 17.3. The predicted molar refractivity (Wildman–Crippen MR) is 254 cm³/mol. The average Bonchev–Trinajstić information content (AvgIpc) is 3.22. The summed E-state index contributed by atoms with van der Waals surface area (Å²) in [6.45, 7) is 4.68. The Morgan fingerprint density at radius 2 is 0.852 bits per heavy atom. The van der Waals surface area contributed by atoms with Crippen LogP contribution in [0, 0.1) is 0 Å². The maximum Gasteiger partial charge on any atom is 0.306 e. The fourth-order valence-electron chi connectivity index (χ4n) is 7.83. The second-order valence-corrected chi connectivity index (χ2v) is 18.8. The van der Waals surface area contributed by atoms with Crippen molar-refractivity contribution in [3.63, 3.8) is 0 Å². The zero-order valence-corrected chi connectivity index (χ0v) is 40.8. The lowest BCUT2D eigenvalue weighted by molar-refractivity contribution is -0.889. The van der Waals surface area contributed by atoms with Crippen LogP contribution in [0.15, 0.2) is 24.3 Å². The van der Waals surface area contributed by atoms with Gasteiger partial charge in [-0.1, -0.05) is 212 Å². The van der Waals surface area contributed by atoms with E-state index in [0.717, 1.165) is 38.5 Å². The molecule has 0 fully saturated rings. The first-order valence-corrected chi connectivity index (χ1v) is 25.9. The molecule has 0 N–H and O–H groups in total. The van der Waals surface area contributed by atoms with E-state index in [9.17, 15) is 19.5 Å². The summed E-state index contributed by atoms with van der Waals surface area (Å²) >= 11 is 0. The van der Waals surface area contributed by atoms with Gasteiger partial charge in [0.1, 0.15) is 12.6 Å². The summed E-state index contributed by atoms with van der Waals surface area (Å²) in [6, 6.07) is -0.723. The summed E-state index contributed by atoms with van der Waals surface area (Å²) in [6.07, 6.45) is 50.6. The molecule has 0 aromatic heterocycles. The van der Waals surface area contributed by atoms with Crippen LogP contribution < -0.4 is 5.11 Å². The van der Waals surface area contributed by atoms with E-state index < -0.39 is 18.1 Å². The fourth-order valence-corrected chi connectivity index (χ4v) is 7.83. The predicted octanol–water partition coefficient (Wildman–Crippen LogP) is 13.5. The number of carbonyl (C=O) groups is 3. The van der Waals surface area contributed by atoms with Crippen molar-refractivity contribution < 1.29 is 38.2 Å². The number of hydrogen-bond donors (Lipinski definition) is 0. The molecule has 0 spiro atoms. The van der Waals surface area contributed by atoms with Crippen LogP contribution >= 0.6 is 0 Å². The summed E-state index contributed by atoms with van der Waals surface area (Å²) in [5.74, 6) is -1.72. The highest BCUT2D eigenvalue weighted by molar-refractivity contribution is 5.70. The standard InChI is InChI=1S/C53H99NO7/c1-6-8-10-12-14-16-18-20-22-24-25-26-28-29-31-33-35-37-39-41-43-51(55)60-48-49(47-59-46-45-50(53(57)58)54(3,4)5)61-52(56)44-42-40-38-36-34-32-30-27-23-21-19-17-15-13-11-9-7-2/h16,18,20,22,49-50H,6-15,17,19,21,23-48H2,1-5H3/b18-16+,22-20+. The number of carboxylic acids is 1. The van der Waals surface area contributed by atoms with E-state index in [0.29, 0.717) is 12.8 Å². The van der Waals surface area contributed by atoms with Gasteiger partial charge in [-0.3, -0.25) is 9.59 Å². The SMILES string of the molecule is CCCCCC/C=C/C=C/CCCCCCCCCCCCC(=O)OCC(COCCC(C(=O)[O-])[N+](C)(C)C)OC(=O)CCCCCCCCCCCCCCCCCCC. The minimum atomic E-state index is -1.12. The highest BCUT2D eigenvalue weighted by Gasteiger charge is 2.25. The molecule has 0 bridgehead atoms.